The number of amides is 3. The number of rotatable bonds is 5. The van der Waals surface area contributed by atoms with Crippen LogP contribution < -0.4 is 10.7 Å². The number of hydrogen-bond acceptors (Lipinski definition) is 5. The van der Waals surface area contributed by atoms with Crippen molar-refractivity contribution in [2.24, 2.45) is 5.92 Å². The highest BCUT2D eigenvalue weighted by Crippen LogP contribution is 2.49. The maximum absolute atomic E-state index is 14.0. The van der Waals surface area contributed by atoms with Gasteiger partial charge in [0.15, 0.2) is 11.4 Å². The van der Waals surface area contributed by atoms with Gasteiger partial charge in [-0.1, -0.05) is 6.07 Å². The zero-order valence-corrected chi connectivity index (χ0v) is 20.5. The molecule has 36 heavy (non-hydrogen) atoms. The third-order valence-corrected chi connectivity index (χ3v) is 6.99. The largest absolute Gasteiger partial charge is 0.503 e. The Morgan fingerprint density at radius 2 is 1.89 bits per heavy atom. The minimum atomic E-state index is -1.03. The van der Waals surface area contributed by atoms with Crippen LogP contribution in [0.3, 0.4) is 0 Å². The van der Waals surface area contributed by atoms with Crippen molar-refractivity contribution in [3.63, 3.8) is 0 Å². The van der Waals surface area contributed by atoms with E-state index in [9.17, 15) is 33.1 Å². The summed E-state index contributed by atoms with van der Waals surface area (Å²) in [7, 11) is 3.31. The highest BCUT2D eigenvalue weighted by molar-refractivity contribution is 5.99. The van der Waals surface area contributed by atoms with Crippen molar-refractivity contribution in [3.8, 4) is 5.75 Å². The number of carbonyl (C=O) groups is 3. The minimum Gasteiger partial charge on any atom is -0.503 e. The zero-order chi connectivity index (χ0) is 26.5. The van der Waals surface area contributed by atoms with E-state index < -0.39 is 45.7 Å². The molecule has 1 aliphatic carbocycles. The molecule has 2 heterocycles. The van der Waals surface area contributed by atoms with Gasteiger partial charge in [0.05, 0.1) is 5.54 Å². The molecule has 1 saturated carbocycles. The van der Waals surface area contributed by atoms with Crippen LogP contribution in [0.2, 0.25) is 0 Å². The van der Waals surface area contributed by atoms with Crippen LogP contribution in [0.15, 0.2) is 29.2 Å². The molecule has 0 atom stereocenters. The first-order valence-corrected chi connectivity index (χ1v) is 11.6. The third kappa shape index (κ3) is 4.12. The van der Waals surface area contributed by atoms with Gasteiger partial charge in [0.2, 0.25) is 11.3 Å². The molecule has 0 unspecified atom stereocenters. The number of nitrogens with zero attached hydrogens (tertiary/aromatic N) is 3. The van der Waals surface area contributed by atoms with Gasteiger partial charge in [-0.05, 0) is 32.8 Å². The molecule has 4 rings (SSSR count). The molecule has 1 fully saturated rings. The van der Waals surface area contributed by atoms with E-state index in [2.05, 4.69) is 5.32 Å². The average molecular weight is 503 g/mol. The maximum Gasteiger partial charge on any atom is 0.274 e. The fourth-order valence-corrected chi connectivity index (χ4v) is 5.02. The smallest absolute Gasteiger partial charge is 0.274 e. The first-order valence-electron chi connectivity index (χ1n) is 11.6. The number of aromatic nitrogens is 1. The Kier molecular flexibility index (Phi) is 6.36. The lowest BCUT2D eigenvalue weighted by molar-refractivity contribution is -0.141. The lowest BCUT2D eigenvalue weighted by Gasteiger charge is -2.55. The Bertz CT molecular complexity index is 1310. The van der Waals surface area contributed by atoms with E-state index in [1.165, 1.54) is 21.7 Å². The molecule has 0 bridgehead atoms. The van der Waals surface area contributed by atoms with Gasteiger partial charge >= 0.3 is 0 Å². The van der Waals surface area contributed by atoms with Crippen molar-refractivity contribution in [2.45, 2.75) is 44.8 Å². The summed E-state index contributed by atoms with van der Waals surface area (Å²) in [5.41, 5.74) is -2.46. The highest BCUT2D eigenvalue weighted by atomic mass is 19.1. The Morgan fingerprint density at radius 3 is 2.47 bits per heavy atom. The van der Waals surface area contributed by atoms with Crippen molar-refractivity contribution in [2.75, 3.05) is 20.6 Å². The number of aromatic hydroxyl groups is 1. The Hall–Kier alpha value is -3.76. The Labute approximate surface area is 206 Å². The van der Waals surface area contributed by atoms with E-state index >= 15 is 0 Å². The monoisotopic (exact) mass is 502 g/mol. The van der Waals surface area contributed by atoms with Crippen molar-refractivity contribution < 1.29 is 28.3 Å². The topological polar surface area (TPSA) is 112 Å². The Morgan fingerprint density at radius 1 is 1.22 bits per heavy atom. The van der Waals surface area contributed by atoms with Crippen LogP contribution in [0.25, 0.3) is 0 Å². The predicted octanol–water partition coefficient (Wildman–Crippen LogP) is 1.82. The van der Waals surface area contributed by atoms with Crippen molar-refractivity contribution in [3.05, 3.63) is 63.1 Å². The molecule has 2 aliphatic rings. The molecular formula is C25H28F2N4O5. The summed E-state index contributed by atoms with van der Waals surface area (Å²) >= 11 is 0. The quantitative estimate of drug-likeness (QED) is 0.648. The van der Waals surface area contributed by atoms with Gasteiger partial charge in [-0.2, -0.15) is 0 Å². The third-order valence-electron chi connectivity index (χ3n) is 6.99. The fourth-order valence-electron chi connectivity index (χ4n) is 5.02. The average Bonchev–Trinajstić information content (AvgIpc) is 2.78. The lowest BCUT2D eigenvalue weighted by Crippen LogP contribution is -2.63. The number of carbonyl (C=O) groups excluding carboxylic acids is 3. The summed E-state index contributed by atoms with van der Waals surface area (Å²) in [5, 5.41) is 13.2. The van der Waals surface area contributed by atoms with E-state index in [1.807, 2.05) is 13.8 Å². The molecule has 0 radical (unpaired) electrons. The summed E-state index contributed by atoms with van der Waals surface area (Å²) in [5.74, 6) is -4.29. The van der Waals surface area contributed by atoms with Crippen LogP contribution in [-0.4, -0.2) is 63.9 Å². The molecule has 1 aliphatic heterocycles. The first-order chi connectivity index (χ1) is 16.9. The molecular weight excluding hydrogens is 474 g/mol. The van der Waals surface area contributed by atoms with Crippen LogP contribution in [0.4, 0.5) is 8.78 Å². The summed E-state index contributed by atoms with van der Waals surface area (Å²) in [4.78, 5) is 54.6. The van der Waals surface area contributed by atoms with E-state index in [0.29, 0.717) is 18.9 Å². The van der Waals surface area contributed by atoms with Crippen LogP contribution in [0, 0.1) is 17.6 Å². The molecule has 2 N–H and O–H groups in total. The molecule has 192 valence electrons. The van der Waals surface area contributed by atoms with Gasteiger partial charge < -0.3 is 24.8 Å². The molecule has 11 heteroatoms. The van der Waals surface area contributed by atoms with Gasteiger partial charge in [-0.15, -0.1) is 0 Å². The number of halogens is 2. The van der Waals surface area contributed by atoms with E-state index in [-0.39, 0.29) is 42.2 Å². The molecule has 0 saturated heterocycles. The standard InChI is InChI=1S/C25H28F2N4O5/c1-13(2)30-12-25(8-15(9-25)23(35)29(3)4)31-11-17(20(32)21(33)19(31)24(30)36)22(34)28-10-14-5-6-16(26)7-18(14)27/h5-7,11,13,15,33H,8-10,12H2,1-4H3,(H,28,34)/t15-,25+. The van der Waals surface area contributed by atoms with E-state index in [4.69, 9.17) is 0 Å². The van der Waals surface area contributed by atoms with Gasteiger partial charge in [-0.25, -0.2) is 8.78 Å². The van der Waals surface area contributed by atoms with Crippen LogP contribution in [0.5, 0.6) is 5.75 Å². The second-order valence-corrected chi connectivity index (χ2v) is 9.95. The van der Waals surface area contributed by atoms with Gasteiger partial charge in [0, 0.05) is 57.0 Å². The number of nitrogens with one attached hydrogen (secondary N) is 1. The summed E-state index contributed by atoms with van der Waals surface area (Å²) in [6.45, 7) is 3.55. The van der Waals surface area contributed by atoms with Crippen LogP contribution in [0.1, 0.15) is 53.1 Å². The van der Waals surface area contributed by atoms with Gasteiger partial charge in [-0.3, -0.25) is 19.2 Å². The predicted molar refractivity (Wildman–Crippen MR) is 125 cm³/mol. The van der Waals surface area contributed by atoms with Crippen LogP contribution in [-0.2, 0) is 16.9 Å². The molecule has 1 spiro atoms. The van der Waals surface area contributed by atoms with Crippen molar-refractivity contribution >= 4 is 17.7 Å². The summed E-state index contributed by atoms with van der Waals surface area (Å²) in [6.07, 6.45) is 1.95. The summed E-state index contributed by atoms with van der Waals surface area (Å²) < 4.78 is 28.6. The molecule has 3 amide bonds. The number of benzene rings is 1. The van der Waals surface area contributed by atoms with Crippen molar-refractivity contribution in [1.82, 2.24) is 19.7 Å². The second kappa shape index (κ2) is 9.03. The normalized spacial score (nSPS) is 20.8. The number of fused-ring (bicyclic) bond motifs is 2. The fraction of sp³-hybridized carbons (Fsp3) is 0.440. The number of hydrogen-bond donors (Lipinski definition) is 2. The van der Waals surface area contributed by atoms with Crippen LogP contribution >= 0.6 is 0 Å². The molecule has 2 aromatic rings. The SMILES string of the molecule is CC(C)N1C[C@]2(C[C@H](C(=O)N(C)C)C2)n2cc(C(=O)NCc3ccc(F)cc3F)c(=O)c(O)c2C1=O. The Balaban J connectivity index is 1.72. The molecule has 9 nitrogen and oxygen atoms in total. The molecule has 1 aromatic carbocycles. The lowest BCUT2D eigenvalue weighted by atomic mass is 9.65. The van der Waals surface area contributed by atoms with E-state index in [1.54, 1.807) is 19.0 Å². The second-order valence-electron chi connectivity index (χ2n) is 9.95. The first kappa shape index (κ1) is 25.3. The van der Waals surface area contributed by atoms with Gasteiger partial charge in [0.25, 0.3) is 11.8 Å². The summed E-state index contributed by atoms with van der Waals surface area (Å²) in [6, 6.07) is 2.67. The van der Waals surface area contributed by atoms with E-state index in [0.717, 1.165) is 6.07 Å². The minimum absolute atomic E-state index is 0.00953. The van der Waals surface area contributed by atoms with Crippen molar-refractivity contribution in [1.29, 1.82) is 0 Å². The number of pyridine rings is 1. The zero-order valence-electron chi connectivity index (χ0n) is 20.5. The highest BCUT2D eigenvalue weighted by Gasteiger charge is 2.55. The van der Waals surface area contributed by atoms with Gasteiger partial charge in [0.1, 0.15) is 17.2 Å². The molecule has 1 aromatic heterocycles. The maximum atomic E-state index is 14.0.